The molecule has 0 amide bonds. The number of aromatic nitrogens is 3. The van der Waals surface area contributed by atoms with Crippen molar-refractivity contribution in [1.82, 2.24) is 14.3 Å². The summed E-state index contributed by atoms with van der Waals surface area (Å²) in [5, 5.41) is 3.95. The average Bonchev–Trinajstić information content (AvgIpc) is 2.34. The maximum atomic E-state index is 11.4. The Hall–Kier alpha value is -1.32. The Bertz CT molecular complexity index is 332. The molecule has 0 aliphatic heterocycles. The van der Waals surface area contributed by atoms with Crippen LogP contribution in [0.15, 0.2) is 17.2 Å². The summed E-state index contributed by atoms with van der Waals surface area (Å²) in [5.74, 6) is 0. The summed E-state index contributed by atoms with van der Waals surface area (Å²) in [6, 6.07) is 0.115. The fourth-order valence-electron chi connectivity index (χ4n) is 0.945. The molecule has 4 nitrogen and oxygen atoms in total. The van der Waals surface area contributed by atoms with Crippen molar-refractivity contribution in [3.63, 3.8) is 0 Å². The Morgan fingerprint density at radius 3 is 2.67 bits per heavy atom. The van der Waals surface area contributed by atoms with Gasteiger partial charge in [0.15, 0.2) is 0 Å². The van der Waals surface area contributed by atoms with Crippen molar-refractivity contribution < 1.29 is 0 Å². The van der Waals surface area contributed by atoms with Gasteiger partial charge in [0.25, 0.3) is 0 Å². The first kappa shape index (κ1) is 8.77. The van der Waals surface area contributed by atoms with Crippen LogP contribution < -0.4 is 5.69 Å². The Morgan fingerprint density at radius 2 is 2.25 bits per heavy atom. The summed E-state index contributed by atoms with van der Waals surface area (Å²) < 4.78 is 2.90. The van der Waals surface area contributed by atoms with Gasteiger partial charge in [-0.05, 0) is 20.8 Å². The minimum atomic E-state index is -0.0944. The lowest BCUT2D eigenvalue weighted by atomic mass is 10.4. The van der Waals surface area contributed by atoms with Gasteiger partial charge < -0.3 is 0 Å². The van der Waals surface area contributed by atoms with Gasteiger partial charge in [0.2, 0.25) is 0 Å². The number of hydrogen-bond donors (Lipinski definition) is 0. The standard InChI is InChI=1S/C8H13N3O/c1-4-5-10-6-9-11(7(2)3)8(10)12/h4-7H,1-3H3/b5-4-. The van der Waals surface area contributed by atoms with Gasteiger partial charge in [-0.15, -0.1) is 0 Å². The molecule has 0 aliphatic carbocycles. The third kappa shape index (κ3) is 1.47. The van der Waals surface area contributed by atoms with Gasteiger partial charge in [-0.1, -0.05) is 6.08 Å². The quantitative estimate of drug-likeness (QED) is 0.662. The lowest BCUT2D eigenvalue weighted by Crippen LogP contribution is -2.23. The SMILES string of the molecule is C/C=C\n1cnn(C(C)C)c1=O. The van der Waals surface area contributed by atoms with E-state index in [0.29, 0.717) is 0 Å². The zero-order valence-electron chi connectivity index (χ0n) is 7.56. The van der Waals surface area contributed by atoms with Gasteiger partial charge in [0.1, 0.15) is 6.33 Å². The lowest BCUT2D eigenvalue weighted by Gasteiger charge is -2.00. The van der Waals surface area contributed by atoms with Crippen LogP contribution in [-0.2, 0) is 0 Å². The van der Waals surface area contributed by atoms with Crippen molar-refractivity contribution in [2.24, 2.45) is 0 Å². The van der Waals surface area contributed by atoms with E-state index in [4.69, 9.17) is 0 Å². The highest BCUT2D eigenvalue weighted by Gasteiger charge is 2.04. The predicted molar refractivity (Wildman–Crippen MR) is 47.9 cm³/mol. The summed E-state index contributed by atoms with van der Waals surface area (Å²) in [7, 11) is 0. The van der Waals surface area contributed by atoms with Crippen LogP contribution in [0.2, 0.25) is 0 Å². The smallest absolute Gasteiger partial charge is 0.257 e. The highest BCUT2D eigenvalue weighted by molar-refractivity contribution is 5.18. The van der Waals surface area contributed by atoms with Crippen molar-refractivity contribution in [3.05, 3.63) is 22.9 Å². The van der Waals surface area contributed by atoms with E-state index in [-0.39, 0.29) is 11.7 Å². The topological polar surface area (TPSA) is 39.8 Å². The molecule has 0 saturated carbocycles. The molecule has 1 rings (SSSR count). The molecule has 0 N–H and O–H groups in total. The van der Waals surface area contributed by atoms with Gasteiger partial charge in [-0.2, -0.15) is 5.10 Å². The summed E-state index contributed by atoms with van der Waals surface area (Å²) >= 11 is 0. The van der Waals surface area contributed by atoms with Gasteiger partial charge in [-0.25, -0.2) is 9.48 Å². The average molecular weight is 167 g/mol. The van der Waals surface area contributed by atoms with Gasteiger partial charge in [0, 0.05) is 6.20 Å². The van der Waals surface area contributed by atoms with E-state index in [1.165, 1.54) is 15.6 Å². The molecule has 0 fully saturated rings. The Labute approximate surface area is 71.1 Å². The third-order valence-electron chi connectivity index (χ3n) is 1.52. The Kier molecular flexibility index (Phi) is 2.47. The second-order valence-corrected chi connectivity index (χ2v) is 2.84. The van der Waals surface area contributed by atoms with E-state index in [0.717, 1.165) is 0 Å². The summed E-state index contributed by atoms with van der Waals surface area (Å²) in [4.78, 5) is 11.4. The minimum absolute atomic E-state index is 0.0944. The van der Waals surface area contributed by atoms with Gasteiger partial charge in [-0.3, -0.25) is 4.57 Å². The normalized spacial score (nSPS) is 11.7. The molecule has 0 spiro atoms. The zero-order valence-corrected chi connectivity index (χ0v) is 7.56. The Morgan fingerprint density at radius 1 is 1.58 bits per heavy atom. The first-order valence-corrected chi connectivity index (χ1v) is 3.95. The Balaban J connectivity index is 3.14. The van der Waals surface area contributed by atoms with Crippen LogP contribution in [0.3, 0.4) is 0 Å². The van der Waals surface area contributed by atoms with E-state index in [9.17, 15) is 4.79 Å². The van der Waals surface area contributed by atoms with Crippen molar-refractivity contribution in [2.75, 3.05) is 0 Å². The zero-order chi connectivity index (χ0) is 9.14. The third-order valence-corrected chi connectivity index (χ3v) is 1.52. The molecule has 0 saturated heterocycles. The van der Waals surface area contributed by atoms with Gasteiger partial charge in [0.05, 0.1) is 6.04 Å². The van der Waals surface area contributed by atoms with Crippen molar-refractivity contribution in [1.29, 1.82) is 0 Å². The molecule has 0 aromatic carbocycles. The molecule has 66 valence electrons. The molecule has 4 heteroatoms. The second kappa shape index (κ2) is 3.38. The first-order chi connectivity index (χ1) is 5.66. The molecule has 0 radical (unpaired) electrons. The van der Waals surface area contributed by atoms with Crippen LogP contribution in [0.1, 0.15) is 26.8 Å². The molecule has 1 heterocycles. The van der Waals surface area contributed by atoms with Crippen LogP contribution in [0, 0.1) is 0 Å². The van der Waals surface area contributed by atoms with E-state index in [2.05, 4.69) is 5.10 Å². The van der Waals surface area contributed by atoms with Crippen LogP contribution >= 0.6 is 0 Å². The fraction of sp³-hybridized carbons (Fsp3) is 0.500. The number of nitrogens with zero attached hydrogens (tertiary/aromatic N) is 3. The largest absolute Gasteiger partial charge is 0.350 e. The van der Waals surface area contributed by atoms with E-state index in [1.54, 1.807) is 12.3 Å². The maximum absolute atomic E-state index is 11.4. The molecular formula is C8H13N3O. The summed E-state index contributed by atoms with van der Waals surface area (Å²) in [6.45, 7) is 5.71. The van der Waals surface area contributed by atoms with Gasteiger partial charge >= 0.3 is 5.69 Å². The minimum Gasteiger partial charge on any atom is -0.257 e. The molecule has 0 bridgehead atoms. The number of allylic oxidation sites excluding steroid dienone is 1. The summed E-state index contributed by atoms with van der Waals surface area (Å²) in [5.41, 5.74) is -0.0944. The molecular weight excluding hydrogens is 154 g/mol. The molecule has 1 aromatic heterocycles. The van der Waals surface area contributed by atoms with E-state index in [1.807, 2.05) is 20.8 Å². The number of rotatable bonds is 2. The number of hydrogen-bond acceptors (Lipinski definition) is 2. The molecule has 0 aliphatic rings. The fourth-order valence-corrected chi connectivity index (χ4v) is 0.945. The van der Waals surface area contributed by atoms with Crippen molar-refractivity contribution in [3.8, 4) is 0 Å². The second-order valence-electron chi connectivity index (χ2n) is 2.84. The van der Waals surface area contributed by atoms with E-state index < -0.39 is 0 Å². The molecule has 12 heavy (non-hydrogen) atoms. The monoisotopic (exact) mass is 167 g/mol. The van der Waals surface area contributed by atoms with Crippen LogP contribution in [-0.4, -0.2) is 14.3 Å². The van der Waals surface area contributed by atoms with E-state index >= 15 is 0 Å². The maximum Gasteiger partial charge on any atom is 0.350 e. The molecule has 0 unspecified atom stereocenters. The van der Waals surface area contributed by atoms with Crippen LogP contribution in [0.25, 0.3) is 6.20 Å². The molecule has 1 aromatic rings. The molecule has 0 atom stereocenters. The highest BCUT2D eigenvalue weighted by Crippen LogP contribution is 1.95. The van der Waals surface area contributed by atoms with Crippen LogP contribution in [0.5, 0.6) is 0 Å². The first-order valence-electron chi connectivity index (χ1n) is 3.95. The van der Waals surface area contributed by atoms with Crippen molar-refractivity contribution in [2.45, 2.75) is 26.8 Å². The lowest BCUT2D eigenvalue weighted by molar-refractivity contribution is 0.512. The van der Waals surface area contributed by atoms with Crippen molar-refractivity contribution >= 4 is 6.20 Å². The van der Waals surface area contributed by atoms with Crippen LogP contribution in [0.4, 0.5) is 0 Å². The highest BCUT2D eigenvalue weighted by atomic mass is 16.2. The predicted octanol–water partition coefficient (Wildman–Crippen LogP) is 1.12. The summed E-state index contributed by atoms with van der Waals surface area (Å²) in [6.07, 6.45) is 5.00.